The van der Waals surface area contributed by atoms with Crippen molar-refractivity contribution in [2.45, 2.75) is 64.6 Å². The number of rotatable bonds is 7. The summed E-state index contributed by atoms with van der Waals surface area (Å²) in [5, 5.41) is 12.0. The Bertz CT molecular complexity index is 237. The first-order valence-corrected chi connectivity index (χ1v) is 7.21. The van der Waals surface area contributed by atoms with E-state index in [0.717, 1.165) is 45.1 Å². The Kier molecular flexibility index (Phi) is 7.28. The summed E-state index contributed by atoms with van der Waals surface area (Å²) in [7, 11) is 0. The largest absolute Gasteiger partial charge is 0.396 e. The van der Waals surface area contributed by atoms with Crippen molar-refractivity contribution in [3.63, 3.8) is 0 Å². The molecule has 1 aliphatic rings. The number of hydrogen-bond acceptors (Lipinski definition) is 3. The van der Waals surface area contributed by atoms with E-state index < -0.39 is 0 Å². The van der Waals surface area contributed by atoms with Crippen LogP contribution in [0.4, 0.5) is 0 Å². The van der Waals surface area contributed by atoms with Crippen molar-refractivity contribution in [1.82, 2.24) is 5.32 Å². The molecule has 1 amide bonds. The zero-order valence-corrected chi connectivity index (χ0v) is 11.7. The fourth-order valence-electron chi connectivity index (χ4n) is 2.33. The summed E-state index contributed by atoms with van der Waals surface area (Å²) in [6.45, 7) is 4.94. The maximum atomic E-state index is 11.7. The molecule has 1 fully saturated rings. The Morgan fingerprint density at radius 3 is 2.61 bits per heavy atom. The van der Waals surface area contributed by atoms with Crippen LogP contribution in [0.3, 0.4) is 0 Å². The Labute approximate surface area is 110 Å². The fraction of sp³-hybridized carbons (Fsp3) is 0.929. The lowest BCUT2D eigenvalue weighted by atomic mass is 9.88. The average Bonchev–Trinajstić information content (AvgIpc) is 2.39. The second kappa shape index (κ2) is 8.48. The van der Waals surface area contributed by atoms with Crippen molar-refractivity contribution in [3.05, 3.63) is 0 Å². The minimum absolute atomic E-state index is 0.00673. The van der Waals surface area contributed by atoms with Crippen molar-refractivity contribution >= 4 is 5.91 Å². The molecular weight excluding hydrogens is 230 g/mol. The van der Waals surface area contributed by atoms with Gasteiger partial charge in [-0.05, 0) is 44.9 Å². The Morgan fingerprint density at radius 1 is 1.39 bits per heavy atom. The molecule has 18 heavy (non-hydrogen) atoms. The van der Waals surface area contributed by atoms with Crippen LogP contribution in [-0.2, 0) is 9.53 Å². The highest BCUT2D eigenvalue weighted by Crippen LogP contribution is 2.26. The van der Waals surface area contributed by atoms with E-state index in [9.17, 15) is 4.79 Å². The molecule has 0 bridgehead atoms. The summed E-state index contributed by atoms with van der Waals surface area (Å²) < 4.78 is 5.78. The Hall–Kier alpha value is -0.610. The van der Waals surface area contributed by atoms with Crippen molar-refractivity contribution in [2.24, 2.45) is 5.92 Å². The molecule has 0 radical (unpaired) electrons. The van der Waals surface area contributed by atoms with Crippen molar-refractivity contribution in [1.29, 1.82) is 0 Å². The van der Waals surface area contributed by atoms with Gasteiger partial charge in [0, 0.05) is 13.2 Å². The third kappa shape index (κ3) is 5.36. The van der Waals surface area contributed by atoms with E-state index in [2.05, 4.69) is 12.2 Å². The SMILES string of the molecule is CCCCNC(=O)C(C)OC1CCC(CO)CC1. The van der Waals surface area contributed by atoms with Crippen LogP contribution >= 0.6 is 0 Å². The van der Waals surface area contributed by atoms with Gasteiger partial charge in [0.25, 0.3) is 0 Å². The molecule has 0 heterocycles. The van der Waals surface area contributed by atoms with Crippen LogP contribution in [-0.4, -0.2) is 36.4 Å². The van der Waals surface area contributed by atoms with Gasteiger partial charge in [0.05, 0.1) is 6.10 Å². The first kappa shape index (κ1) is 15.4. The van der Waals surface area contributed by atoms with Crippen LogP contribution < -0.4 is 5.32 Å². The third-order valence-corrected chi connectivity index (χ3v) is 3.65. The summed E-state index contributed by atoms with van der Waals surface area (Å²) >= 11 is 0. The lowest BCUT2D eigenvalue weighted by molar-refractivity contribution is -0.137. The van der Waals surface area contributed by atoms with Crippen molar-refractivity contribution in [2.75, 3.05) is 13.2 Å². The number of aliphatic hydroxyl groups excluding tert-OH is 1. The second-order valence-corrected chi connectivity index (χ2v) is 5.25. The number of unbranched alkanes of at least 4 members (excludes halogenated alkanes) is 1. The molecule has 0 aromatic rings. The van der Waals surface area contributed by atoms with Crippen LogP contribution in [0, 0.1) is 5.92 Å². The number of amides is 1. The van der Waals surface area contributed by atoms with E-state index in [1.807, 2.05) is 6.92 Å². The molecule has 4 heteroatoms. The van der Waals surface area contributed by atoms with E-state index in [1.54, 1.807) is 0 Å². The molecule has 1 rings (SSSR count). The molecule has 1 atom stereocenters. The number of aliphatic hydroxyl groups is 1. The van der Waals surface area contributed by atoms with Gasteiger partial charge in [-0.3, -0.25) is 4.79 Å². The maximum absolute atomic E-state index is 11.7. The van der Waals surface area contributed by atoms with Gasteiger partial charge in [0.2, 0.25) is 5.91 Å². The normalized spacial score (nSPS) is 25.7. The van der Waals surface area contributed by atoms with Crippen molar-refractivity contribution < 1.29 is 14.6 Å². The Balaban J connectivity index is 2.19. The van der Waals surface area contributed by atoms with Gasteiger partial charge in [-0.2, -0.15) is 0 Å². The van der Waals surface area contributed by atoms with Crippen LogP contribution in [0.2, 0.25) is 0 Å². The molecule has 1 unspecified atom stereocenters. The minimum Gasteiger partial charge on any atom is -0.396 e. The van der Waals surface area contributed by atoms with E-state index in [0.29, 0.717) is 5.92 Å². The second-order valence-electron chi connectivity index (χ2n) is 5.25. The van der Waals surface area contributed by atoms with E-state index >= 15 is 0 Å². The quantitative estimate of drug-likeness (QED) is 0.684. The van der Waals surface area contributed by atoms with Crippen LogP contribution in [0.5, 0.6) is 0 Å². The molecule has 0 aromatic heterocycles. The molecule has 2 N–H and O–H groups in total. The fourth-order valence-corrected chi connectivity index (χ4v) is 2.33. The summed E-state index contributed by atoms with van der Waals surface area (Å²) in [5.74, 6) is 0.422. The van der Waals surface area contributed by atoms with Crippen LogP contribution in [0.25, 0.3) is 0 Å². The minimum atomic E-state index is -0.363. The monoisotopic (exact) mass is 257 g/mol. The van der Waals surface area contributed by atoms with Gasteiger partial charge < -0.3 is 15.2 Å². The Morgan fingerprint density at radius 2 is 2.06 bits per heavy atom. The first-order chi connectivity index (χ1) is 8.67. The number of carbonyl (C=O) groups is 1. The summed E-state index contributed by atoms with van der Waals surface area (Å²) in [5.41, 5.74) is 0. The van der Waals surface area contributed by atoms with Gasteiger partial charge >= 0.3 is 0 Å². The first-order valence-electron chi connectivity index (χ1n) is 7.21. The maximum Gasteiger partial charge on any atom is 0.248 e. The van der Waals surface area contributed by atoms with Gasteiger partial charge in [-0.15, -0.1) is 0 Å². The van der Waals surface area contributed by atoms with Crippen LogP contribution in [0.15, 0.2) is 0 Å². The van der Waals surface area contributed by atoms with E-state index in [1.165, 1.54) is 0 Å². The highest BCUT2D eigenvalue weighted by molar-refractivity contribution is 5.80. The summed E-state index contributed by atoms with van der Waals surface area (Å²) in [6.07, 6.45) is 5.84. The smallest absolute Gasteiger partial charge is 0.248 e. The molecule has 106 valence electrons. The highest BCUT2D eigenvalue weighted by atomic mass is 16.5. The van der Waals surface area contributed by atoms with E-state index in [-0.39, 0.29) is 24.7 Å². The summed E-state index contributed by atoms with van der Waals surface area (Å²) in [4.78, 5) is 11.7. The van der Waals surface area contributed by atoms with Gasteiger partial charge in [-0.25, -0.2) is 0 Å². The molecule has 0 aromatic carbocycles. The molecule has 0 spiro atoms. The summed E-state index contributed by atoms with van der Waals surface area (Å²) in [6, 6.07) is 0. The predicted octanol–water partition coefficient (Wildman–Crippen LogP) is 1.86. The highest BCUT2D eigenvalue weighted by Gasteiger charge is 2.24. The zero-order chi connectivity index (χ0) is 13.4. The number of carbonyl (C=O) groups excluding carboxylic acids is 1. The molecule has 0 aliphatic heterocycles. The van der Waals surface area contributed by atoms with Gasteiger partial charge in [-0.1, -0.05) is 13.3 Å². The molecule has 0 saturated heterocycles. The average molecular weight is 257 g/mol. The molecular formula is C14H27NO3. The van der Waals surface area contributed by atoms with Crippen molar-refractivity contribution in [3.8, 4) is 0 Å². The lowest BCUT2D eigenvalue weighted by Crippen LogP contribution is -2.38. The van der Waals surface area contributed by atoms with E-state index in [4.69, 9.17) is 9.84 Å². The number of nitrogens with one attached hydrogen (secondary N) is 1. The zero-order valence-electron chi connectivity index (χ0n) is 11.7. The topological polar surface area (TPSA) is 58.6 Å². The predicted molar refractivity (Wildman–Crippen MR) is 71.3 cm³/mol. The van der Waals surface area contributed by atoms with Crippen LogP contribution in [0.1, 0.15) is 52.4 Å². The number of hydrogen-bond donors (Lipinski definition) is 2. The third-order valence-electron chi connectivity index (χ3n) is 3.65. The molecule has 4 nitrogen and oxygen atoms in total. The molecule has 1 aliphatic carbocycles. The van der Waals surface area contributed by atoms with Gasteiger partial charge in [0.15, 0.2) is 0 Å². The number of ether oxygens (including phenoxy) is 1. The molecule has 1 saturated carbocycles. The van der Waals surface area contributed by atoms with Gasteiger partial charge in [0.1, 0.15) is 6.10 Å². The lowest BCUT2D eigenvalue weighted by Gasteiger charge is -2.29. The standard InChI is InChI=1S/C14H27NO3/c1-3-4-9-15-14(17)11(2)18-13-7-5-12(10-16)6-8-13/h11-13,16H,3-10H2,1-2H3,(H,15,17).